The maximum atomic E-state index is 12.1. The largest absolute Gasteiger partial charge is 0.459 e. The van der Waals surface area contributed by atoms with Crippen molar-refractivity contribution in [2.45, 2.75) is 13.5 Å². The van der Waals surface area contributed by atoms with Crippen LogP contribution in [0.2, 0.25) is 0 Å². The molecule has 0 atom stereocenters. The number of aromatic nitrogens is 3. The van der Waals surface area contributed by atoms with Crippen LogP contribution in [0.3, 0.4) is 0 Å². The van der Waals surface area contributed by atoms with E-state index in [-0.39, 0.29) is 30.3 Å². The molecule has 1 N–H and O–H groups in total. The number of rotatable bonds is 6. The Morgan fingerprint density at radius 1 is 1.25 bits per heavy atom. The maximum Gasteiger partial charge on any atom is 0.287 e. The molecule has 4 aromatic heterocycles. The van der Waals surface area contributed by atoms with E-state index < -0.39 is 0 Å². The van der Waals surface area contributed by atoms with Crippen molar-refractivity contribution in [1.29, 1.82) is 0 Å². The van der Waals surface area contributed by atoms with Crippen LogP contribution in [0.1, 0.15) is 16.2 Å². The van der Waals surface area contributed by atoms with E-state index in [2.05, 4.69) is 15.4 Å². The van der Waals surface area contributed by atoms with Crippen LogP contribution >= 0.6 is 22.7 Å². The highest BCUT2D eigenvalue weighted by Crippen LogP contribution is 2.35. The molecule has 0 unspecified atom stereocenters. The predicted molar refractivity (Wildman–Crippen MR) is 109 cm³/mol. The maximum absolute atomic E-state index is 12.1. The zero-order valence-electron chi connectivity index (χ0n) is 14.9. The number of carbonyl (C=O) groups is 1. The van der Waals surface area contributed by atoms with Gasteiger partial charge in [0.2, 0.25) is 0 Å². The van der Waals surface area contributed by atoms with Gasteiger partial charge in [-0.3, -0.25) is 9.59 Å². The summed E-state index contributed by atoms with van der Waals surface area (Å²) in [4.78, 5) is 30.7. The lowest BCUT2D eigenvalue weighted by atomic mass is 10.3. The molecule has 0 bridgehead atoms. The quantitative estimate of drug-likeness (QED) is 0.524. The lowest BCUT2D eigenvalue weighted by Gasteiger charge is -2.07. The van der Waals surface area contributed by atoms with Crippen molar-refractivity contribution in [2.75, 3.05) is 6.54 Å². The Morgan fingerprint density at radius 2 is 2.14 bits per heavy atom. The van der Waals surface area contributed by atoms with Gasteiger partial charge in [0.15, 0.2) is 5.76 Å². The number of nitrogens with zero attached hydrogens (tertiary/aromatic N) is 3. The molecule has 4 heterocycles. The number of hydrogen-bond donors (Lipinski definition) is 1. The van der Waals surface area contributed by atoms with E-state index in [9.17, 15) is 9.59 Å². The molecule has 142 valence electrons. The molecule has 0 aliphatic rings. The standard InChI is InChI=1S/C19H16N4O3S2/c1-12-17(28-19(21-12)15-5-3-11-27-15)13-6-7-16(24)23(22-13)9-8-20-18(25)14-4-2-10-26-14/h2-7,10-11H,8-9H2,1H3,(H,20,25). The van der Waals surface area contributed by atoms with Gasteiger partial charge in [-0.05, 0) is 36.6 Å². The average Bonchev–Trinajstić information content (AvgIpc) is 3.45. The summed E-state index contributed by atoms with van der Waals surface area (Å²) in [5.41, 5.74) is 1.34. The van der Waals surface area contributed by atoms with Gasteiger partial charge in [0, 0.05) is 12.6 Å². The first-order valence-electron chi connectivity index (χ1n) is 8.53. The number of thiazole rings is 1. The Labute approximate surface area is 168 Å². The molecule has 4 rings (SSSR count). The molecule has 28 heavy (non-hydrogen) atoms. The minimum atomic E-state index is -0.326. The molecule has 0 aliphatic heterocycles. The van der Waals surface area contributed by atoms with E-state index in [0.717, 1.165) is 20.5 Å². The molecule has 9 heteroatoms. The summed E-state index contributed by atoms with van der Waals surface area (Å²) < 4.78 is 6.39. The predicted octanol–water partition coefficient (Wildman–Crippen LogP) is 3.43. The highest BCUT2D eigenvalue weighted by Gasteiger charge is 2.14. The van der Waals surface area contributed by atoms with Crippen molar-refractivity contribution in [3.63, 3.8) is 0 Å². The van der Waals surface area contributed by atoms with Crippen LogP contribution in [0.25, 0.3) is 20.5 Å². The molecule has 0 spiro atoms. The molecule has 4 aromatic rings. The van der Waals surface area contributed by atoms with Crippen molar-refractivity contribution in [1.82, 2.24) is 20.1 Å². The van der Waals surface area contributed by atoms with Gasteiger partial charge in [-0.2, -0.15) is 5.10 Å². The molecule has 7 nitrogen and oxygen atoms in total. The van der Waals surface area contributed by atoms with E-state index >= 15 is 0 Å². The molecule has 0 radical (unpaired) electrons. The van der Waals surface area contributed by atoms with Crippen LogP contribution in [0, 0.1) is 6.92 Å². The van der Waals surface area contributed by atoms with Gasteiger partial charge in [-0.25, -0.2) is 9.67 Å². The lowest BCUT2D eigenvalue weighted by molar-refractivity contribution is 0.0924. The van der Waals surface area contributed by atoms with Crippen molar-refractivity contribution in [3.05, 3.63) is 69.8 Å². The molecule has 1 amide bonds. The topological polar surface area (TPSA) is 90.0 Å². The van der Waals surface area contributed by atoms with E-state index in [4.69, 9.17) is 4.42 Å². The summed E-state index contributed by atoms with van der Waals surface area (Å²) >= 11 is 3.19. The summed E-state index contributed by atoms with van der Waals surface area (Å²) in [6.07, 6.45) is 1.44. The molecule has 0 fully saturated rings. The molecule has 0 saturated heterocycles. The zero-order valence-corrected chi connectivity index (χ0v) is 16.5. The smallest absolute Gasteiger partial charge is 0.287 e. The summed E-state index contributed by atoms with van der Waals surface area (Å²) in [6.45, 7) is 2.45. The third kappa shape index (κ3) is 3.80. The SMILES string of the molecule is Cc1nc(-c2cccs2)sc1-c1ccc(=O)n(CCNC(=O)c2ccco2)n1. The van der Waals surface area contributed by atoms with Gasteiger partial charge < -0.3 is 9.73 Å². The summed E-state index contributed by atoms with van der Waals surface area (Å²) in [5, 5.41) is 10.1. The number of carbonyl (C=O) groups excluding carboxylic acids is 1. The second-order valence-corrected chi connectivity index (χ2v) is 7.87. The van der Waals surface area contributed by atoms with E-state index in [0.29, 0.717) is 5.69 Å². The Kier molecular flexibility index (Phi) is 5.18. The summed E-state index contributed by atoms with van der Waals surface area (Å²) in [7, 11) is 0. The molecular formula is C19H16N4O3S2. The van der Waals surface area contributed by atoms with Crippen molar-refractivity contribution < 1.29 is 9.21 Å². The molecule has 0 aromatic carbocycles. The fraction of sp³-hybridized carbons (Fsp3) is 0.158. The van der Waals surface area contributed by atoms with E-state index in [1.54, 1.807) is 40.9 Å². The van der Waals surface area contributed by atoms with Crippen LogP contribution in [0.4, 0.5) is 0 Å². The highest BCUT2D eigenvalue weighted by molar-refractivity contribution is 7.23. The lowest BCUT2D eigenvalue weighted by Crippen LogP contribution is -2.31. The summed E-state index contributed by atoms with van der Waals surface area (Å²) in [5.74, 6) is -0.0939. The fourth-order valence-electron chi connectivity index (χ4n) is 2.64. The van der Waals surface area contributed by atoms with Gasteiger partial charge in [0.05, 0.1) is 28.3 Å². The van der Waals surface area contributed by atoms with Gasteiger partial charge in [-0.1, -0.05) is 6.07 Å². The first-order chi connectivity index (χ1) is 13.6. The third-order valence-corrected chi connectivity index (χ3v) is 6.20. The van der Waals surface area contributed by atoms with Crippen LogP contribution in [-0.2, 0) is 6.54 Å². The monoisotopic (exact) mass is 412 g/mol. The van der Waals surface area contributed by atoms with Crippen LogP contribution in [0.15, 0.2) is 57.3 Å². The Hall–Kier alpha value is -3.04. The van der Waals surface area contributed by atoms with Gasteiger partial charge in [0.25, 0.3) is 11.5 Å². The van der Waals surface area contributed by atoms with Gasteiger partial charge in [0.1, 0.15) is 10.7 Å². The van der Waals surface area contributed by atoms with Crippen molar-refractivity contribution in [3.8, 4) is 20.5 Å². The second-order valence-electron chi connectivity index (χ2n) is 5.92. The molecule has 0 saturated carbocycles. The van der Waals surface area contributed by atoms with Crippen LogP contribution in [0.5, 0.6) is 0 Å². The number of furan rings is 1. The fourth-order valence-corrected chi connectivity index (χ4v) is 4.47. The van der Waals surface area contributed by atoms with Crippen LogP contribution in [-0.4, -0.2) is 27.2 Å². The normalized spacial score (nSPS) is 10.9. The second kappa shape index (κ2) is 7.91. The van der Waals surface area contributed by atoms with Crippen molar-refractivity contribution in [2.24, 2.45) is 0 Å². The minimum absolute atomic E-state index is 0.225. The number of nitrogens with one attached hydrogen (secondary N) is 1. The third-order valence-electron chi connectivity index (χ3n) is 3.98. The first kappa shape index (κ1) is 18.3. The Morgan fingerprint density at radius 3 is 2.89 bits per heavy atom. The molecule has 0 aliphatic carbocycles. The Balaban J connectivity index is 1.51. The summed E-state index contributed by atoms with van der Waals surface area (Å²) in [6, 6.07) is 10.4. The first-order valence-corrected chi connectivity index (χ1v) is 10.2. The molecular weight excluding hydrogens is 396 g/mol. The minimum Gasteiger partial charge on any atom is -0.459 e. The number of aryl methyl sites for hydroxylation is 1. The average molecular weight is 412 g/mol. The van der Waals surface area contributed by atoms with Crippen molar-refractivity contribution >= 4 is 28.6 Å². The number of hydrogen-bond acceptors (Lipinski definition) is 7. The van der Waals surface area contributed by atoms with Crippen LogP contribution < -0.4 is 10.9 Å². The number of thiophene rings is 1. The zero-order chi connectivity index (χ0) is 19.5. The highest BCUT2D eigenvalue weighted by atomic mass is 32.1. The van der Waals surface area contributed by atoms with E-state index in [1.807, 2.05) is 24.4 Å². The van der Waals surface area contributed by atoms with Gasteiger partial charge in [-0.15, -0.1) is 22.7 Å². The van der Waals surface area contributed by atoms with E-state index in [1.165, 1.54) is 17.0 Å². The number of amides is 1. The van der Waals surface area contributed by atoms with Gasteiger partial charge >= 0.3 is 0 Å². The Bertz CT molecular complexity index is 1140.